The number of para-hydroxylation sites is 2. The van der Waals surface area contributed by atoms with E-state index < -0.39 is 0 Å². The van der Waals surface area contributed by atoms with Gasteiger partial charge in [0, 0.05) is 23.8 Å². The van der Waals surface area contributed by atoms with Gasteiger partial charge in [0.1, 0.15) is 11.4 Å². The maximum absolute atomic E-state index is 13.2. The van der Waals surface area contributed by atoms with Crippen LogP contribution in [0.5, 0.6) is 5.75 Å². The van der Waals surface area contributed by atoms with Gasteiger partial charge in [-0.3, -0.25) is 4.79 Å². The Morgan fingerprint density at radius 2 is 1.73 bits per heavy atom. The number of hydrogen-bond acceptors (Lipinski definition) is 4. The summed E-state index contributed by atoms with van der Waals surface area (Å²) in [6.45, 7) is 0. The van der Waals surface area contributed by atoms with Crippen molar-refractivity contribution < 1.29 is 9.53 Å². The molecule has 0 radical (unpaired) electrons. The first-order chi connectivity index (χ1) is 14.2. The van der Waals surface area contributed by atoms with E-state index in [2.05, 4.69) is 5.32 Å². The van der Waals surface area contributed by atoms with Crippen molar-refractivity contribution in [1.82, 2.24) is 15.1 Å². The summed E-state index contributed by atoms with van der Waals surface area (Å²) >= 11 is 0. The number of amides is 1. The summed E-state index contributed by atoms with van der Waals surface area (Å²) in [5, 5.41) is 7.92. The highest BCUT2D eigenvalue weighted by atomic mass is 35.5. The van der Waals surface area contributed by atoms with Crippen LogP contribution >= 0.6 is 12.4 Å². The summed E-state index contributed by atoms with van der Waals surface area (Å²) in [5.74, 6) is 0.567. The molecule has 0 aliphatic heterocycles. The molecule has 0 spiro atoms. The van der Waals surface area contributed by atoms with Gasteiger partial charge in [0.2, 0.25) is 0 Å². The van der Waals surface area contributed by atoms with Crippen LogP contribution in [0.3, 0.4) is 0 Å². The van der Waals surface area contributed by atoms with Gasteiger partial charge in [0.25, 0.3) is 5.91 Å². The second-order valence-corrected chi connectivity index (χ2v) is 7.46. The lowest BCUT2D eigenvalue weighted by Crippen LogP contribution is -2.40. The maximum Gasteiger partial charge on any atom is 0.255 e. The number of carbonyl (C=O) groups is 1. The number of nitrogens with zero attached hydrogens (tertiary/aromatic N) is 2. The molecular formula is C23H27ClN4O2. The first-order valence-electron chi connectivity index (χ1n) is 10.0. The van der Waals surface area contributed by atoms with Crippen molar-refractivity contribution in [2.75, 3.05) is 7.11 Å². The number of carbonyl (C=O) groups excluding carboxylic acids is 1. The minimum Gasteiger partial charge on any atom is -0.496 e. The molecule has 2 aromatic carbocycles. The van der Waals surface area contributed by atoms with Gasteiger partial charge in [-0.2, -0.15) is 5.10 Å². The fourth-order valence-electron chi connectivity index (χ4n) is 3.82. The van der Waals surface area contributed by atoms with Gasteiger partial charge in [-0.15, -0.1) is 12.4 Å². The Kier molecular flexibility index (Phi) is 7.13. The number of halogens is 1. The smallest absolute Gasteiger partial charge is 0.255 e. The van der Waals surface area contributed by atoms with Gasteiger partial charge >= 0.3 is 0 Å². The van der Waals surface area contributed by atoms with E-state index >= 15 is 0 Å². The second kappa shape index (κ2) is 9.78. The standard InChI is InChI=1S/C23H26N4O2.ClH/c1-29-21-10-6-5-9-19(21)22-20(15-27(26-22)18-7-3-2-4-8-18)23(28)25-17-13-11-16(24)12-14-17;/h2-10,15-17H,11-14,24H2,1H3,(H,25,28);1H. The normalized spacial score (nSPS) is 18.3. The van der Waals surface area contributed by atoms with Gasteiger partial charge in [-0.1, -0.05) is 30.3 Å². The molecule has 1 aliphatic carbocycles. The van der Waals surface area contributed by atoms with Crippen LogP contribution in [0.1, 0.15) is 36.0 Å². The third kappa shape index (κ3) is 4.66. The van der Waals surface area contributed by atoms with Gasteiger partial charge in [0.15, 0.2) is 0 Å². The van der Waals surface area contributed by atoms with Crippen LogP contribution in [0, 0.1) is 0 Å². The highest BCUT2D eigenvalue weighted by Crippen LogP contribution is 2.32. The highest BCUT2D eigenvalue weighted by molar-refractivity contribution is 6.00. The van der Waals surface area contributed by atoms with Crippen molar-refractivity contribution >= 4 is 18.3 Å². The molecule has 4 rings (SSSR count). The monoisotopic (exact) mass is 426 g/mol. The summed E-state index contributed by atoms with van der Waals surface area (Å²) < 4.78 is 7.26. The number of nitrogens with one attached hydrogen (secondary N) is 1. The molecule has 3 N–H and O–H groups in total. The molecule has 1 heterocycles. The van der Waals surface area contributed by atoms with Crippen LogP contribution < -0.4 is 15.8 Å². The van der Waals surface area contributed by atoms with E-state index in [9.17, 15) is 4.79 Å². The Morgan fingerprint density at radius 1 is 1.07 bits per heavy atom. The molecule has 7 heteroatoms. The first-order valence-corrected chi connectivity index (χ1v) is 10.0. The van der Waals surface area contributed by atoms with Crippen LogP contribution in [0.25, 0.3) is 16.9 Å². The van der Waals surface area contributed by atoms with E-state index in [-0.39, 0.29) is 30.4 Å². The van der Waals surface area contributed by atoms with E-state index in [0.717, 1.165) is 36.9 Å². The predicted octanol–water partition coefficient (Wildman–Crippen LogP) is 3.97. The number of methoxy groups -OCH3 is 1. The SMILES string of the molecule is COc1ccccc1-c1nn(-c2ccccc2)cc1C(=O)NC1CCC(N)CC1.Cl. The summed E-state index contributed by atoms with van der Waals surface area (Å²) in [6, 6.07) is 17.8. The number of hydrogen-bond donors (Lipinski definition) is 2. The third-order valence-corrected chi connectivity index (χ3v) is 5.45. The van der Waals surface area contributed by atoms with E-state index in [0.29, 0.717) is 17.0 Å². The molecule has 1 saturated carbocycles. The van der Waals surface area contributed by atoms with Crippen LogP contribution in [0.4, 0.5) is 0 Å². The zero-order chi connectivity index (χ0) is 20.2. The van der Waals surface area contributed by atoms with Crippen LogP contribution in [-0.2, 0) is 0 Å². The number of ether oxygens (including phenoxy) is 1. The maximum atomic E-state index is 13.2. The average molecular weight is 427 g/mol. The molecular weight excluding hydrogens is 400 g/mol. The Labute approximate surface area is 182 Å². The molecule has 158 valence electrons. The van der Waals surface area contributed by atoms with Gasteiger partial charge < -0.3 is 15.8 Å². The lowest BCUT2D eigenvalue weighted by molar-refractivity contribution is 0.0926. The van der Waals surface area contributed by atoms with Crippen molar-refractivity contribution in [3.63, 3.8) is 0 Å². The molecule has 3 aromatic rings. The topological polar surface area (TPSA) is 82.2 Å². The molecule has 0 unspecified atom stereocenters. The lowest BCUT2D eigenvalue weighted by atomic mass is 9.91. The number of aromatic nitrogens is 2. The van der Waals surface area contributed by atoms with Gasteiger partial charge in [-0.25, -0.2) is 4.68 Å². The molecule has 1 aromatic heterocycles. The van der Waals surface area contributed by atoms with Gasteiger partial charge in [-0.05, 0) is 49.9 Å². The molecule has 1 aliphatic rings. The van der Waals surface area contributed by atoms with Gasteiger partial charge in [0.05, 0.1) is 18.4 Å². The molecule has 6 nitrogen and oxygen atoms in total. The molecule has 0 bridgehead atoms. The molecule has 0 saturated heterocycles. The van der Waals surface area contributed by atoms with Crippen molar-refractivity contribution in [3.8, 4) is 22.7 Å². The second-order valence-electron chi connectivity index (χ2n) is 7.46. The minimum absolute atomic E-state index is 0. The minimum atomic E-state index is -0.117. The number of rotatable bonds is 5. The average Bonchev–Trinajstić information content (AvgIpc) is 3.21. The fraction of sp³-hybridized carbons (Fsp3) is 0.304. The fourth-order valence-corrected chi connectivity index (χ4v) is 3.82. The largest absolute Gasteiger partial charge is 0.496 e. The number of benzene rings is 2. The van der Waals surface area contributed by atoms with E-state index in [1.807, 2.05) is 54.6 Å². The molecule has 1 amide bonds. The highest BCUT2D eigenvalue weighted by Gasteiger charge is 2.25. The molecule has 30 heavy (non-hydrogen) atoms. The zero-order valence-corrected chi connectivity index (χ0v) is 17.8. The van der Waals surface area contributed by atoms with Crippen LogP contribution in [-0.4, -0.2) is 34.9 Å². The Morgan fingerprint density at radius 3 is 2.43 bits per heavy atom. The quantitative estimate of drug-likeness (QED) is 0.646. The lowest BCUT2D eigenvalue weighted by Gasteiger charge is -2.26. The van der Waals surface area contributed by atoms with Crippen LogP contribution in [0.15, 0.2) is 60.8 Å². The first kappa shape index (κ1) is 21.9. The molecule has 0 atom stereocenters. The Hall–Kier alpha value is -2.83. The number of nitrogens with two attached hydrogens (primary N) is 1. The van der Waals surface area contributed by atoms with Crippen molar-refractivity contribution in [1.29, 1.82) is 0 Å². The van der Waals surface area contributed by atoms with E-state index in [4.69, 9.17) is 15.6 Å². The summed E-state index contributed by atoms with van der Waals surface area (Å²) in [4.78, 5) is 13.2. The third-order valence-electron chi connectivity index (χ3n) is 5.45. The van der Waals surface area contributed by atoms with Crippen molar-refractivity contribution in [2.24, 2.45) is 5.73 Å². The summed E-state index contributed by atoms with van der Waals surface area (Å²) in [7, 11) is 1.62. The Bertz CT molecular complexity index is 982. The summed E-state index contributed by atoms with van der Waals surface area (Å²) in [6.07, 6.45) is 5.48. The zero-order valence-electron chi connectivity index (χ0n) is 17.0. The predicted molar refractivity (Wildman–Crippen MR) is 120 cm³/mol. The van der Waals surface area contributed by atoms with E-state index in [1.165, 1.54) is 0 Å². The van der Waals surface area contributed by atoms with E-state index in [1.54, 1.807) is 18.0 Å². The van der Waals surface area contributed by atoms with Crippen molar-refractivity contribution in [2.45, 2.75) is 37.8 Å². The van der Waals surface area contributed by atoms with Crippen molar-refractivity contribution in [3.05, 3.63) is 66.4 Å². The summed E-state index contributed by atoms with van der Waals surface area (Å²) in [5.41, 5.74) is 8.83. The Balaban J connectivity index is 0.00000256. The van der Waals surface area contributed by atoms with Crippen LogP contribution in [0.2, 0.25) is 0 Å². The molecule has 1 fully saturated rings.